The Morgan fingerprint density at radius 2 is 1.88 bits per heavy atom. The van der Waals surface area contributed by atoms with Gasteiger partial charge in [0.25, 0.3) is 5.91 Å². The first-order chi connectivity index (χ1) is 11.1. The van der Waals surface area contributed by atoms with Crippen LogP contribution in [0.1, 0.15) is 31.1 Å². The predicted octanol–water partition coefficient (Wildman–Crippen LogP) is 1.24. The van der Waals surface area contributed by atoms with Crippen molar-refractivity contribution in [3.8, 4) is 5.75 Å². The minimum atomic E-state index is -3.67. The van der Waals surface area contributed by atoms with E-state index < -0.39 is 15.6 Å². The summed E-state index contributed by atoms with van der Waals surface area (Å²) in [5, 5.41) is 2.82. The van der Waals surface area contributed by atoms with Gasteiger partial charge in [0.2, 0.25) is 10.0 Å². The second-order valence-electron chi connectivity index (χ2n) is 6.58. The minimum Gasteiger partial charge on any atom is -0.496 e. The topological polar surface area (TPSA) is 84.9 Å². The number of morpholine rings is 1. The predicted molar refractivity (Wildman–Crippen MR) is 89.8 cm³/mol. The number of nitrogens with zero attached hydrogens (tertiary/aromatic N) is 1. The molecule has 0 radical (unpaired) electrons. The molecular formula is C16H24N2O5S. The maximum atomic E-state index is 12.7. The molecule has 1 aliphatic heterocycles. The van der Waals surface area contributed by atoms with E-state index in [0.29, 0.717) is 32.1 Å². The van der Waals surface area contributed by atoms with E-state index in [0.717, 1.165) is 0 Å². The molecule has 0 spiro atoms. The number of benzene rings is 1. The molecule has 1 fully saturated rings. The third kappa shape index (κ3) is 4.25. The van der Waals surface area contributed by atoms with Crippen LogP contribution in [0.15, 0.2) is 23.1 Å². The van der Waals surface area contributed by atoms with E-state index >= 15 is 0 Å². The van der Waals surface area contributed by atoms with Crippen LogP contribution in [0.5, 0.6) is 5.75 Å². The van der Waals surface area contributed by atoms with Crippen LogP contribution < -0.4 is 10.1 Å². The summed E-state index contributed by atoms with van der Waals surface area (Å²) in [7, 11) is -2.23. The first-order valence-corrected chi connectivity index (χ1v) is 9.17. The third-order valence-electron chi connectivity index (χ3n) is 3.51. The van der Waals surface area contributed by atoms with Gasteiger partial charge in [-0.05, 0) is 39.0 Å². The van der Waals surface area contributed by atoms with Crippen LogP contribution in [0.3, 0.4) is 0 Å². The molecule has 0 aromatic heterocycles. The van der Waals surface area contributed by atoms with Gasteiger partial charge in [0.05, 0.1) is 30.8 Å². The Bertz CT molecular complexity index is 704. The van der Waals surface area contributed by atoms with Crippen LogP contribution in [0.2, 0.25) is 0 Å². The zero-order valence-electron chi connectivity index (χ0n) is 14.5. The molecule has 1 amide bonds. The maximum absolute atomic E-state index is 12.7. The average Bonchev–Trinajstić information content (AvgIpc) is 2.53. The van der Waals surface area contributed by atoms with Crippen molar-refractivity contribution < 1.29 is 22.7 Å². The molecule has 1 aromatic rings. The summed E-state index contributed by atoms with van der Waals surface area (Å²) in [6.07, 6.45) is 0. The summed E-state index contributed by atoms with van der Waals surface area (Å²) in [6, 6.07) is 4.33. The van der Waals surface area contributed by atoms with Crippen molar-refractivity contribution in [2.75, 3.05) is 33.4 Å². The summed E-state index contributed by atoms with van der Waals surface area (Å²) in [6.45, 7) is 6.90. The van der Waals surface area contributed by atoms with Gasteiger partial charge in [-0.3, -0.25) is 4.79 Å². The number of rotatable bonds is 4. The van der Waals surface area contributed by atoms with Gasteiger partial charge in [-0.15, -0.1) is 0 Å². The van der Waals surface area contributed by atoms with Gasteiger partial charge in [-0.25, -0.2) is 8.42 Å². The number of hydrogen-bond donors (Lipinski definition) is 1. The fourth-order valence-corrected chi connectivity index (χ4v) is 3.80. The van der Waals surface area contributed by atoms with E-state index in [9.17, 15) is 13.2 Å². The number of methoxy groups -OCH3 is 1. The molecule has 2 rings (SSSR count). The zero-order valence-corrected chi connectivity index (χ0v) is 15.3. The van der Waals surface area contributed by atoms with Crippen molar-refractivity contribution in [3.63, 3.8) is 0 Å². The molecule has 0 bridgehead atoms. The van der Waals surface area contributed by atoms with Crippen molar-refractivity contribution in [1.29, 1.82) is 0 Å². The van der Waals surface area contributed by atoms with Crippen LogP contribution in [-0.4, -0.2) is 57.6 Å². The van der Waals surface area contributed by atoms with Crippen LogP contribution in [0.25, 0.3) is 0 Å². The summed E-state index contributed by atoms with van der Waals surface area (Å²) < 4.78 is 37.3. The van der Waals surface area contributed by atoms with Gasteiger partial charge in [0, 0.05) is 18.6 Å². The van der Waals surface area contributed by atoms with Crippen LogP contribution in [0, 0.1) is 0 Å². The molecule has 134 valence electrons. The molecule has 0 unspecified atom stereocenters. The van der Waals surface area contributed by atoms with E-state index in [1.165, 1.54) is 29.6 Å². The Balaban J connectivity index is 2.39. The zero-order chi connectivity index (χ0) is 18.0. The second kappa shape index (κ2) is 7.08. The molecular weight excluding hydrogens is 332 g/mol. The molecule has 0 aliphatic carbocycles. The van der Waals surface area contributed by atoms with Gasteiger partial charge >= 0.3 is 0 Å². The maximum Gasteiger partial charge on any atom is 0.255 e. The Morgan fingerprint density at radius 1 is 1.25 bits per heavy atom. The van der Waals surface area contributed by atoms with Crippen molar-refractivity contribution in [2.45, 2.75) is 31.2 Å². The Labute approximate surface area is 143 Å². The number of amides is 1. The van der Waals surface area contributed by atoms with Crippen molar-refractivity contribution in [1.82, 2.24) is 9.62 Å². The Kier molecular flexibility index (Phi) is 5.52. The molecule has 0 saturated carbocycles. The number of hydrogen-bond acceptors (Lipinski definition) is 5. The van der Waals surface area contributed by atoms with E-state index in [2.05, 4.69) is 5.32 Å². The van der Waals surface area contributed by atoms with Gasteiger partial charge < -0.3 is 14.8 Å². The fourth-order valence-electron chi connectivity index (χ4n) is 2.37. The number of carbonyl (C=O) groups is 1. The highest BCUT2D eigenvalue weighted by molar-refractivity contribution is 7.89. The van der Waals surface area contributed by atoms with Crippen LogP contribution in [-0.2, 0) is 14.8 Å². The third-order valence-corrected chi connectivity index (χ3v) is 5.41. The second-order valence-corrected chi connectivity index (χ2v) is 8.52. The minimum absolute atomic E-state index is 0.0734. The van der Waals surface area contributed by atoms with E-state index in [1.807, 2.05) is 20.8 Å². The highest BCUT2D eigenvalue weighted by atomic mass is 32.2. The van der Waals surface area contributed by atoms with E-state index in [4.69, 9.17) is 9.47 Å². The lowest BCUT2D eigenvalue weighted by molar-refractivity contribution is 0.0730. The van der Waals surface area contributed by atoms with Crippen molar-refractivity contribution >= 4 is 15.9 Å². The quantitative estimate of drug-likeness (QED) is 0.877. The SMILES string of the molecule is COc1ccc(S(=O)(=O)N2CCOCC2)cc1C(=O)NC(C)(C)C. The Hall–Kier alpha value is -1.64. The lowest BCUT2D eigenvalue weighted by atomic mass is 10.1. The van der Waals surface area contributed by atoms with Gasteiger partial charge in [-0.1, -0.05) is 0 Å². The highest BCUT2D eigenvalue weighted by Gasteiger charge is 2.28. The molecule has 1 aromatic carbocycles. The molecule has 1 heterocycles. The Morgan fingerprint density at radius 3 is 2.42 bits per heavy atom. The van der Waals surface area contributed by atoms with Crippen molar-refractivity contribution in [3.05, 3.63) is 23.8 Å². The monoisotopic (exact) mass is 356 g/mol. The largest absolute Gasteiger partial charge is 0.496 e. The summed E-state index contributed by atoms with van der Waals surface area (Å²) in [5.74, 6) is -0.0453. The molecule has 8 heteroatoms. The normalized spacial score (nSPS) is 16.7. The number of sulfonamides is 1. The lowest BCUT2D eigenvalue weighted by Crippen LogP contribution is -2.41. The fraction of sp³-hybridized carbons (Fsp3) is 0.562. The summed E-state index contributed by atoms with van der Waals surface area (Å²) in [5.41, 5.74) is -0.247. The molecule has 1 aliphatic rings. The van der Waals surface area contributed by atoms with Gasteiger partial charge in [-0.2, -0.15) is 4.31 Å². The molecule has 7 nitrogen and oxygen atoms in total. The van der Waals surface area contributed by atoms with E-state index in [1.54, 1.807) is 0 Å². The standard InChI is InChI=1S/C16H24N2O5S/c1-16(2,3)17-15(19)13-11-12(5-6-14(13)22-4)24(20,21)18-7-9-23-10-8-18/h5-6,11H,7-10H2,1-4H3,(H,17,19). The first kappa shape index (κ1) is 18.7. The summed E-state index contributed by atoms with van der Waals surface area (Å²) >= 11 is 0. The van der Waals surface area contributed by atoms with Gasteiger partial charge in [0.15, 0.2) is 0 Å². The van der Waals surface area contributed by atoms with Crippen LogP contribution in [0.4, 0.5) is 0 Å². The molecule has 24 heavy (non-hydrogen) atoms. The smallest absolute Gasteiger partial charge is 0.255 e. The lowest BCUT2D eigenvalue weighted by Gasteiger charge is -2.26. The van der Waals surface area contributed by atoms with Crippen molar-refractivity contribution in [2.24, 2.45) is 0 Å². The number of carbonyl (C=O) groups excluding carboxylic acids is 1. The first-order valence-electron chi connectivity index (χ1n) is 7.73. The van der Waals surface area contributed by atoms with Gasteiger partial charge in [0.1, 0.15) is 5.75 Å². The van der Waals surface area contributed by atoms with E-state index in [-0.39, 0.29) is 16.4 Å². The molecule has 1 saturated heterocycles. The molecule has 0 atom stereocenters. The number of nitrogens with one attached hydrogen (secondary N) is 1. The molecule has 1 N–H and O–H groups in total. The van der Waals surface area contributed by atoms with Crippen LogP contribution >= 0.6 is 0 Å². The number of ether oxygens (including phenoxy) is 2. The average molecular weight is 356 g/mol. The highest BCUT2D eigenvalue weighted by Crippen LogP contribution is 2.25. The summed E-state index contributed by atoms with van der Waals surface area (Å²) in [4.78, 5) is 12.5.